The van der Waals surface area contributed by atoms with Gasteiger partial charge in [0.25, 0.3) is 0 Å². The van der Waals surface area contributed by atoms with Crippen molar-refractivity contribution in [3.63, 3.8) is 0 Å². The molecule has 0 aromatic heterocycles. The van der Waals surface area contributed by atoms with Gasteiger partial charge in [-0.15, -0.1) is 0 Å². The van der Waals surface area contributed by atoms with Gasteiger partial charge in [-0.25, -0.2) is 0 Å². The van der Waals surface area contributed by atoms with Gasteiger partial charge in [0.15, 0.2) is 11.5 Å². The summed E-state index contributed by atoms with van der Waals surface area (Å²) < 4.78 is 11.1. The molecule has 1 aromatic carbocycles. The molecule has 0 fully saturated rings. The predicted molar refractivity (Wildman–Crippen MR) is 78.7 cm³/mol. The Morgan fingerprint density at radius 3 is 2.72 bits per heavy atom. The van der Waals surface area contributed by atoms with Crippen LogP contribution in [-0.4, -0.2) is 25.2 Å². The molecule has 1 aromatic rings. The van der Waals surface area contributed by atoms with E-state index in [0.717, 1.165) is 41.6 Å². The van der Waals surface area contributed by atoms with E-state index >= 15 is 0 Å². The van der Waals surface area contributed by atoms with Crippen LogP contribution in [0.1, 0.15) is 31.9 Å². The third kappa shape index (κ3) is 4.78. The lowest BCUT2D eigenvalue weighted by Crippen LogP contribution is -2.06. The molecular formula is C14H23NO2S. The molecule has 4 heteroatoms. The summed E-state index contributed by atoms with van der Waals surface area (Å²) in [6.45, 7) is 4.85. The van der Waals surface area contributed by atoms with E-state index in [1.54, 1.807) is 7.11 Å². The lowest BCUT2D eigenvalue weighted by atomic mass is 10.1. The minimum atomic E-state index is 0.00824. The molecule has 0 aliphatic carbocycles. The first-order valence-electron chi connectivity index (χ1n) is 6.33. The molecular weight excluding hydrogens is 246 g/mol. The van der Waals surface area contributed by atoms with Gasteiger partial charge in [-0.05, 0) is 42.5 Å². The van der Waals surface area contributed by atoms with Gasteiger partial charge in [-0.1, -0.05) is 13.0 Å². The number of rotatable bonds is 8. The zero-order chi connectivity index (χ0) is 13.4. The van der Waals surface area contributed by atoms with Crippen molar-refractivity contribution in [3.05, 3.63) is 23.8 Å². The van der Waals surface area contributed by atoms with Crippen LogP contribution in [-0.2, 0) is 0 Å². The summed E-state index contributed by atoms with van der Waals surface area (Å²) in [5.41, 5.74) is 6.90. The smallest absolute Gasteiger partial charge is 0.161 e. The monoisotopic (exact) mass is 269 g/mol. The fraction of sp³-hybridized carbons (Fsp3) is 0.571. The molecule has 0 unspecified atom stereocenters. The largest absolute Gasteiger partial charge is 0.493 e. The van der Waals surface area contributed by atoms with Gasteiger partial charge < -0.3 is 15.2 Å². The SMILES string of the molecule is CCSCCCOc1ccc([C@H](C)N)cc1OC. The Kier molecular flexibility index (Phi) is 6.98. The molecule has 0 aliphatic heterocycles. The maximum Gasteiger partial charge on any atom is 0.161 e. The van der Waals surface area contributed by atoms with Crippen molar-refractivity contribution in [2.75, 3.05) is 25.2 Å². The maximum absolute atomic E-state index is 5.84. The number of thioether (sulfide) groups is 1. The van der Waals surface area contributed by atoms with E-state index in [1.165, 1.54) is 0 Å². The highest BCUT2D eigenvalue weighted by atomic mass is 32.2. The zero-order valence-electron chi connectivity index (χ0n) is 11.4. The van der Waals surface area contributed by atoms with E-state index in [0.29, 0.717) is 0 Å². The summed E-state index contributed by atoms with van der Waals surface area (Å²) in [7, 11) is 1.65. The molecule has 0 bridgehead atoms. The number of hydrogen-bond donors (Lipinski definition) is 1. The first kappa shape index (κ1) is 15.2. The molecule has 0 radical (unpaired) electrons. The van der Waals surface area contributed by atoms with Crippen molar-refractivity contribution < 1.29 is 9.47 Å². The Bertz CT molecular complexity index is 356. The Morgan fingerprint density at radius 2 is 2.11 bits per heavy atom. The van der Waals surface area contributed by atoms with Gasteiger partial charge in [0.1, 0.15) is 0 Å². The molecule has 18 heavy (non-hydrogen) atoms. The normalized spacial score (nSPS) is 12.2. The van der Waals surface area contributed by atoms with Gasteiger partial charge in [0.2, 0.25) is 0 Å². The third-order valence-electron chi connectivity index (χ3n) is 2.61. The third-order valence-corrected chi connectivity index (χ3v) is 3.59. The number of hydrogen-bond acceptors (Lipinski definition) is 4. The second-order valence-corrected chi connectivity index (χ2v) is 5.49. The second kappa shape index (κ2) is 8.27. The number of methoxy groups -OCH3 is 1. The predicted octanol–water partition coefficient (Wildman–Crippen LogP) is 3.24. The Hall–Kier alpha value is -0.870. The average molecular weight is 269 g/mol. The van der Waals surface area contributed by atoms with E-state index in [-0.39, 0.29) is 6.04 Å². The zero-order valence-corrected chi connectivity index (χ0v) is 12.3. The van der Waals surface area contributed by atoms with Crippen LogP contribution in [0.2, 0.25) is 0 Å². The quantitative estimate of drug-likeness (QED) is 0.736. The Labute approximate surface area is 114 Å². The molecule has 0 spiro atoms. The Balaban J connectivity index is 2.54. The first-order valence-corrected chi connectivity index (χ1v) is 7.48. The summed E-state index contributed by atoms with van der Waals surface area (Å²) >= 11 is 1.93. The number of nitrogens with two attached hydrogens (primary N) is 1. The highest BCUT2D eigenvalue weighted by molar-refractivity contribution is 7.99. The summed E-state index contributed by atoms with van der Waals surface area (Å²) in [6, 6.07) is 5.88. The van der Waals surface area contributed by atoms with Crippen LogP contribution < -0.4 is 15.2 Å². The van der Waals surface area contributed by atoms with Crippen molar-refractivity contribution in [2.45, 2.75) is 26.3 Å². The van der Waals surface area contributed by atoms with Crippen LogP contribution in [0.25, 0.3) is 0 Å². The van der Waals surface area contributed by atoms with E-state index < -0.39 is 0 Å². The summed E-state index contributed by atoms with van der Waals surface area (Å²) in [4.78, 5) is 0. The molecule has 102 valence electrons. The van der Waals surface area contributed by atoms with Gasteiger partial charge in [0, 0.05) is 6.04 Å². The fourth-order valence-corrected chi connectivity index (χ4v) is 2.18. The van der Waals surface area contributed by atoms with Crippen molar-refractivity contribution in [3.8, 4) is 11.5 Å². The van der Waals surface area contributed by atoms with Crippen LogP contribution in [0.3, 0.4) is 0 Å². The fourth-order valence-electron chi connectivity index (χ4n) is 1.57. The van der Waals surface area contributed by atoms with E-state index in [9.17, 15) is 0 Å². The van der Waals surface area contributed by atoms with Gasteiger partial charge in [-0.3, -0.25) is 0 Å². The summed E-state index contributed by atoms with van der Waals surface area (Å²) in [5.74, 6) is 3.85. The van der Waals surface area contributed by atoms with Gasteiger partial charge in [0.05, 0.1) is 13.7 Å². The van der Waals surface area contributed by atoms with Crippen molar-refractivity contribution in [1.29, 1.82) is 0 Å². The lowest BCUT2D eigenvalue weighted by molar-refractivity contribution is 0.295. The number of benzene rings is 1. The van der Waals surface area contributed by atoms with Gasteiger partial charge >= 0.3 is 0 Å². The molecule has 2 N–H and O–H groups in total. The molecule has 0 amide bonds. The minimum Gasteiger partial charge on any atom is -0.493 e. The molecule has 0 aliphatic rings. The molecule has 1 rings (SSSR count). The van der Waals surface area contributed by atoms with Crippen LogP contribution in [0, 0.1) is 0 Å². The Morgan fingerprint density at radius 1 is 1.33 bits per heavy atom. The van der Waals surface area contributed by atoms with E-state index in [2.05, 4.69) is 6.92 Å². The van der Waals surface area contributed by atoms with Crippen LogP contribution in [0.15, 0.2) is 18.2 Å². The topological polar surface area (TPSA) is 44.5 Å². The van der Waals surface area contributed by atoms with E-state index in [1.807, 2.05) is 36.9 Å². The first-order chi connectivity index (χ1) is 8.69. The summed E-state index contributed by atoms with van der Waals surface area (Å²) in [6.07, 6.45) is 1.05. The van der Waals surface area contributed by atoms with E-state index in [4.69, 9.17) is 15.2 Å². The lowest BCUT2D eigenvalue weighted by Gasteiger charge is -2.13. The standard InChI is InChI=1S/C14H23NO2S/c1-4-18-9-5-8-17-13-7-6-12(11(2)15)10-14(13)16-3/h6-7,10-11H,4-5,8-9,15H2,1-3H3/t11-/m0/s1. The molecule has 0 saturated heterocycles. The van der Waals surface area contributed by atoms with Gasteiger partial charge in [-0.2, -0.15) is 11.8 Å². The summed E-state index contributed by atoms with van der Waals surface area (Å²) in [5, 5.41) is 0. The van der Waals surface area contributed by atoms with Crippen LogP contribution in [0.4, 0.5) is 0 Å². The van der Waals surface area contributed by atoms with Crippen molar-refractivity contribution in [1.82, 2.24) is 0 Å². The molecule has 1 atom stereocenters. The maximum atomic E-state index is 5.84. The van der Waals surface area contributed by atoms with Crippen molar-refractivity contribution in [2.24, 2.45) is 5.73 Å². The molecule has 0 saturated carbocycles. The van der Waals surface area contributed by atoms with Crippen molar-refractivity contribution >= 4 is 11.8 Å². The second-order valence-electron chi connectivity index (χ2n) is 4.10. The molecule has 3 nitrogen and oxygen atoms in total. The highest BCUT2D eigenvalue weighted by Gasteiger charge is 2.07. The van der Waals surface area contributed by atoms with Crippen LogP contribution >= 0.6 is 11.8 Å². The average Bonchev–Trinajstić information content (AvgIpc) is 2.38. The minimum absolute atomic E-state index is 0.00824. The van der Waals surface area contributed by atoms with Crippen LogP contribution in [0.5, 0.6) is 11.5 Å². The highest BCUT2D eigenvalue weighted by Crippen LogP contribution is 2.29. The molecule has 0 heterocycles. The number of ether oxygens (including phenoxy) is 2.